The molecule has 1 aliphatic heterocycles. The van der Waals surface area contributed by atoms with E-state index in [1.165, 1.54) is 25.7 Å². The van der Waals surface area contributed by atoms with Crippen molar-refractivity contribution >= 4 is 5.91 Å². The maximum absolute atomic E-state index is 12.2. The Morgan fingerprint density at radius 2 is 1.89 bits per heavy atom. The molecule has 0 aromatic heterocycles. The van der Waals surface area contributed by atoms with Crippen LogP contribution < -0.4 is 10.6 Å². The summed E-state index contributed by atoms with van der Waals surface area (Å²) in [5.74, 6) is 0.955. The lowest BCUT2D eigenvalue weighted by atomic mass is 9.97. The number of likely N-dealkylation sites (N-methyl/N-ethyl adjacent to an activating group) is 1. The summed E-state index contributed by atoms with van der Waals surface area (Å²) < 4.78 is 0. The smallest absolute Gasteiger partial charge is 0.237 e. The van der Waals surface area contributed by atoms with Crippen molar-refractivity contribution in [3.05, 3.63) is 0 Å². The number of nitrogens with one attached hydrogen (secondary N) is 2. The van der Waals surface area contributed by atoms with Gasteiger partial charge in [0.2, 0.25) is 5.91 Å². The van der Waals surface area contributed by atoms with Crippen LogP contribution in [0.25, 0.3) is 0 Å². The highest BCUT2D eigenvalue weighted by Crippen LogP contribution is 2.18. The fraction of sp³-hybridized carbons (Fsp3) is 0.933. The maximum Gasteiger partial charge on any atom is 0.237 e. The lowest BCUT2D eigenvalue weighted by molar-refractivity contribution is -0.126. The van der Waals surface area contributed by atoms with Gasteiger partial charge in [0, 0.05) is 12.6 Å². The molecule has 1 aliphatic carbocycles. The third kappa shape index (κ3) is 4.46. The molecular formula is C15H29N3O. The third-order valence-corrected chi connectivity index (χ3v) is 4.75. The predicted octanol–water partition coefficient (Wildman–Crippen LogP) is 1.37. The first-order valence-electron chi connectivity index (χ1n) is 7.88. The molecule has 0 aromatic rings. The van der Waals surface area contributed by atoms with E-state index in [0.717, 1.165) is 38.4 Å². The van der Waals surface area contributed by atoms with E-state index in [1.54, 1.807) is 0 Å². The van der Waals surface area contributed by atoms with Crippen LogP contribution >= 0.6 is 0 Å². The molecule has 2 rings (SSSR count). The van der Waals surface area contributed by atoms with Gasteiger partial charge in [-0.2, -0.15) is 0 Å². The zero-order valence-electron chi connectivity index (χ0n) is 12.5. The van der Waals surface area contributed by atoms with Gasteiger partial charge in [-0.15, -0.1) is 0 Å². The van der Waals surface area contributed by atoms with Crippen LogP contribution in [0.1, 0.15) is 45.4 Å². The topological polar surface area (TPSA) is 44.4 Å². The van der Waals surface area contributed by atoms with E-state index in [2.05, 4.69) is 22.6 Å². The summed E-state index contributed by atoms with van der Waals surface area (Å²) >= 11 is 0. The van der Waals surface area contributed by atoms with Gasteiger partial charge in [0.15, 0.2) is 0 Å². The Labute approximate surface area is 117 Å². The number of amides is 1. The fourth-order valence-electron chi connectivity index (χ4n) is 3.22. The SMILES string of the molecule is CC(C(=O)NC1CCCC1)N(C)CC1CCNCC1. The molecule has 0 bridgehead atoms. The zero-order chi connectivity index (χ0) is 13.7. The molecular weight excluding hydrogens is 238 g/mol. The van der Waals surface area contributed by atoms with Gasteiger partial charge in [0.05, 0.1) is 6.04 Å². The van der Waals surface area contributed by atoms with Gasteiger partial charge in [-0.1, -0.05) is 12.8 Å². The molecule has 4 heteroatoms. The molecule has 1 heterocycles. The number of nitrogens with zero attached hydrogens (tertiary/aromatic N) is 1. The van der Waals surface area contributed by atoms with Crippen LogP contribution in [0.5, 0.6) is 0 Å². The van der Waals surface area contributed by atoms with Crippen molar-refractivity contribution in [2.75, 3.05) is 26.7 Å². The van der Waals surface area contributed by atoms with Crippen LogP contribution in [-0.4, -0.2) is 49.6 Å². The Hall–Kier alpha value is -0.610. The van der Waals surface area contributed by atoms with Gasteiger partial charge >= 0.3 is 0 Å². The average Bonchev–Trinajstić information content (AvgIpc) is 2.91. The number of piperidine rings is 1. The lowest BCUT2D eigenvalue weighted by Crippen LogP contribution is -2.48. The first-order chi connectivity index (χ1) is 9.16. The van der Waals surface area contributed by atoms with Crippen molar-refractivity contribution in [2.45, 2.75) is 57.5 Å². The number of hydrogen-bond donors (Lipinski definition) is 2. The Kier molecular flexibility index (Phi) is 5.64. The van der Waals surface area contributed by atoms with E-state index < -0.39 is 0 Å². The molecule has 1 saturated heterocycles. The van der Waals surface area contributed by atoms with E-state index >= 15 is 0 Å². The largest absolute Gasteiger partial charge is 0.352 e. The van der Waals surface area contributed by atoms with Crippen molar-refractivity contribution in [3.8, 4) is 0 Å². The third-order valence-electron chi connectivity index (χ3n) is 4.75. The second-order valence-corrected chi connectivity index (χ2v) is 6.30. The number of carbonyl (C=O) groups excluding carboxylic acids is 1. The molecule has 2 aliphatic rings. The Bertz CT molecular complexity index is 283. The Balaban J connectivity index is 1.73. The van der Waals surface area contributed by atoms with Crippen molar-refractivity contribution < 1.29 is 4.79 Å². The monoisotopic (exact) mass is 267 g/mol. The van der Waals surface area contributed by atoms with Gasteiger partial charge in [0.1, 0.15) is 0 Å². The summed E-state index contributed by atoms with van der Waals surface area (Å²) in [5, 5.41) is 6.59. The summed E-state index contributed by atoms with van der Waals surface area (Å²) in [6, 6.07) is 0.428. The van der Waals surface area contributed by atoms with Gasteiger partial charge in [-0.05, 0) is 58.7 Å². The molecule has 0 radical (unpaired) electrons. The fourth-order valence-corrected chi connectivity index (χ4v) is 3.22. The molecule has 2 fully saturated rings. The van der Waals surface area contributed by atoms with Crippen LogP contribution in [0.15, 0.2) is 0 Å². The maximum atomic E-state index is 12.2. The molecule has 0 spiro atoms. The first kappa shape index (κ1) is 14.8. The van der Waals surface area contributed by atoms with Crippen LogP contribution in [0, 0.1) is 5.92 Å². The summed E-state index contributed by atoms with van der Waals surface area (Å²) in [6.07, 6.45) is 7.34. The molecule has 110 valence electrons. The van der Waals surface area contributed by atoms with Gasteiger partial charge in [-0.3, -0.25) is 9.69 Å². The quantitative estimate of drug-likeness (QED) is 0.790. The highest BCUT2D eigenvalue weighted by molar-refractivity contribution is 5.81. The van der Waals surface area contributed by atoms with E-state index in [-0.39, 0.29) is 11.9 Å². The number of carbonyl (C=O) groups is 1. The van der Waals surface area contributed by atoms with Crippen molar-refractivity contribution in [1.29, 1.82) is 0 Å². The minimum Gasteiger partial charge on any atom is -0.352 e. The minimum atomic E-state index is -0.00418. The Morgan fingerprint density at radius 3 is 2.53 bits per heavy atom. The standard InChI is InChI=1S/C15H29N3O/c1-12(15(19)17-14-5-3-4-6-14)18(2)11-13-7-9-16-10-8-13/h12-14,16H,3-11H2,1-2H3,(H,17,19). The molecule has 0 aromatic carbocycles. The van der Waals surface area contributed by atoms with E-state index in [9.17, 15) is 4.79 Å². The second kappa shape index (κ2) is 7.25. The van der Waals surface area contributed by atoms with Gasteiger partial charge < -0.3 is 10.6 Å². The summed E-state index contributed by atoms with van der Waals surface area (Å²) in [5.41, 5.74) is 0. The molecule has 1 atom stereocenters. The summed E-state index contributed by atoms with van der Waals surface area (Å²) in [4.78, 5) is 14.4. The molecule has 2 N–H and O–H groups in total. The van der Waals surface area contributed by atoms with E-state index in [4.69, 9.17) is 0 Å². The zero-order valence-corrected chi connectivity index (χ0v) is 12.5. The van der Waals surface area contributed by atoms with Crippen LogP contribution in [0.2, 0.25) is 0 Å². The van der Waals surface area contributed by atoms with Crippen molar-refractivity contribution in [1.82, 2.24) is 15.5 Å². The van der Waals surface area contributed by atoms with Crippen molar-refractivity contribution in [3.63, 3.8) is 0 Å². The highest BCUT2D eigenvalue weighted by Gasteiger charge is 2.25. The molecule has 4 nitrogen and oxygen atoms in total. The second-order valence-electron chi connectivity index (χ2n) is 6.30. The van der Waals surface area contributed by atoms with Crippen LogP contribution in [0.3, 0.4) is 0 Å². The van der Waals surface area contributed by atoms with Gasteiger partial charge in [-0.25, -0.2) is 0 Å². The van der Waals surface area contributed by atoms with Crippen molar-refractivity contribution in [2.24, 2.45) is 5.92 Å². The van der Waals surface area contributed by atoms with Gasteiger partial charge in [0.25, 0.3) is 0 Å². The molecule has 19 heavy (non-hydrogen) atoms. The molecule has 1 amide bonds. The Morgan fingerprint density at radius 1 is 1.26 bits per heavy atom. The highest BCUT2D eigenvalue weighted by atomic mass is 16.2. The molecule has 1 unspecified atom stereocenters. The summed E-state index contributed by atoms with van der Waals surface area (Å²) in [7, 11) is 2.08. The first-order valence-corrected chi connectivity index (χ1v) is 7.88. The average molecular weight is 267 g/mol. The lowest BCUT2D eigenvalue weighted by Gasteiger charge is -2.31. The van der Waals surface area contributed by atoms with Crippen LogP contribution in [-0.2, 0) is 4.79 Å². The van der Waals surface area contributed by atoms with E-state index in [0.29, 0.717) is 6.04 Å². The summed E-state index contributed by atoms with van der Waals surface area (Å²) in [6.45, 7) is 5.33. The predicted molar refractivity (Wildman–Crippen MR) is 78.1 cm³/mol. The minimum absolute atomic E-state index is 0.00418. The normalized spacial score (nSPS) is 23.7. The molecule has 1 saturated carbocycles. The number of hydrogen-bond acceptors (Lipinski definition) is 3. The van der Waals surface area contributed by atoms with Crippen LogP contribution in [0.4, 0.5) is 0 Å². The number of rotatable bonds is 5. The van der Waals surface area contributed by atoms with E-state index in [1.807, 2.05) is 6.92 Å².